The molecule has 2 amide bonds. The van der Waals surface area contributed by atoms with Crippen molar-refractivity contribution >= 4 is 40.6 Å². The lowest BCUT2D eigenvalue weighted by molar-refractivity contribution is 0.0115. The van der Waals surface area contributed by atoms with E-state index in [1.54, 1.807) is 18.2 Å². The first-order valence-electron chi connectivity index (χ1n) is 13.0. The van der Waals surface area contributed by atoms with Crippen LogP contribution in [0.3, 0.4) is 0 Å². The van der Waals surface area contributed by atoms with E-state index in [2.05, 4.69) is 47.2 Å². The number of carbonyl (C=O) groups is 1. The molecule has 1 N–H and O–H groups in total. The molecule has 0 saturated carbocycles. The summed E-state index contributed by atoms with van der Waals surface area (Å²) in [6, 6.07) is 12.5. The van der Waals surface area contributed by atoms with Gasteiger partial charge in [0.25, 0.3) is 0 Å². The Morgan fingerprint density at radius 1 is 0.972 bits per heavy atom. The first-order valence-corrected chi connectivity index (χ1v) is 13.8. The maximum Gasteiger partial charge on any atom is 0.322 e. The van der Waals surface area contributed by atoms with E-state index >= 15 is 0 Å². The average Bonchev–Trinajstić information content (AvgIpc) is 2.99. The van der Waals surface area contributed by atoms with Crippen LogP contribution in [-0.2, 0) is 16.7 Å². The lowest BCUT2D eigenvalue weighted by Gasteiger charge is -2.41. The van der Waals surface area contributed by atoms with Crippen molar-refractivity contribution in [3.63, 3.8) is 0 Å². The van der Waals surface area contributed by atoms with Gasteiger partial charge in [-0.05, 0) is 66.1 Å². The van der Waals surface area contributed by atoms with Crippen molar-refractivity contribution in [2.45, 2.75) is 51.1 Å². The fourth-order valence-corrected chi connectivity index (χ4v) is 6.36. The molecular weight excluding hydrogens is 495 g/mol. The number of hydrogen-bond donors (Lipinski definition) is 1. The van der Waals surface area contributed by atoms with Crippen molar-refractivity contribution in [3.05, 3.63) is 57.6 Å². The second kappa shape index (κ2) is 10.8. The highest BCUT2D eigenvalue weighted by Crippen LogP contribution is 2.37. The highest BCUT2D eigenvalue weighted by Gasteiger charge is 2.32. The van der Waals surface area contributed by atoms with E-state index in [1.165, 1.54) is 29.7 Å². The lowest BCUT2D eigenvalue weighted by Crippen LogP contribution is -2.49. The van der Waals surface area contributed by atoms with Gasteiger partial charge in [0.15, 0.2) is 0 Å². The van der Waals surface area contributed by atoms with Gasteiger partial charge in [-0.2, -0.15) is 0 Å². The van der Waals surface area contributed by atoms with E-state index < -0.39 is 0 Å². The van der Waals surface area contributed by atoms with Crippen LogP contribution in [0.2, 0.25) is 10.0 Å². The van der Waals surface area contributed by atoms with Gasteiger partial charge in [-0.1, -0.05) is 43.1 Å². The Bertz CT molecular complexity index is 1070. The Balaban J connectivity index is 1.30. The van der Waals surface area contributed by atoms with Crippen LogP contribution < -0.4 is 10.2 Å². The molecule has 2 saturated heterocycles. The molecule has 5 rings (SSSR count). The average molecular weight is 532 g/mol. The summed E-state index contributed by atoms with van der Waals surface area (Å²) >= 11 is 12.3. The molecule has 0 aromatic heterocycles. The molecule has 0 radical (unpaired) electrons. The number of morpholine rings is 1. The zero-order chi connectivity index (χ0) is 25.3. The number of hydrogen-bond acceptors (Lipinski definition) is 4. The quantitative estimate of drug-likeness (QED) is 0.527. The molecule has 0 spiro atoms. The zero-order valence-corrected chi connectivity index (χ0v) is 22.7. The van der Waals surface area contributed by atoms with E-state index in [0.29, 0.717) is 34.9 Å². The number of benzene rings is 2. The van der Waals surface area contributed by atoms with Gasteiger partial charge in [-0.3, -0.25) is 4.90 Å². The molecule has 6 nitrogen and oxygen atoms in total. The van der Waals surface area contributed by atoms with Crippen LogP contribution in [0.5, 0.6) is 0 Å². The molecule has 2 fully saturated rings. The number of nitrogens with zero attached hydrogens (tertiary/aromatic N) is 3. The summed E-state index contributed by atoms with van der Waals surface area (Å²) < 4.78 is 5.53. The van der Waals surface area contributed by atoms with Crippen LogP contribution >= 0.6 is 23.2 Å². The summed E-state index contributed by atoms with van der Waals surface area (Å²) in [4.78, 5) is 20.2. The summed E-state index contributed by atoms with van der Waals surface area (Å²) in [5, 5.41) is 3.99. The Kier molecular flexibility index (Phi) is 7.68. The highest BCUT2D eigenvalue weighted by atomic mass is 35.5. The maximum absolute atomic E-state index is 13.2. The van der Waals surface area contributed by atoms with Crippen LogP contribution in [0.4, 0.5) is 16.2 Å². The SMILES string of the molecule is CC1(C)CCN(C(=O)Nc2cc(Cl)cc(Cl)c2)Cc2cc(N3CCC(N4CCOCC4)CC3)ccc21. The number of ether oxygens (including phenoxy) is 1. The van der Waals surface area contributed by atoms with Crippen LogP contribution in [0.15, 0.2) is 36.4 Å². The third-order valence-corrected chi connectivity index (χ3v) is 8.42. The fourth-order valence-electron chi connectivity index (χ4n) is 5.84. The molecular formula is C28H36Cl2N4O2. The molecule has 194 valence electrons. The van der Waals surface area contributed by atoms with Gasteiger partial charge in [0.2, 0.25) is 0 Å². The van der Waals surface area contributed by atoms with E-state index in [9.17, 15) is 4.79 Å². The van der Waals surface area contributed by atoms with Crippen LogP contribution in [0.25, 0.3) is 0 Å². The van der Waals surface area contributed by atoms with Crippen molar-refractivity contribution in [3.8, 4) is 0 Å². The third kappa shape index (κ3) is 5.77. The Morgan fingerprint density at radius 2 is 1.67 bits per heavy atom. The minimum absolute atomic E-state index is 0.00835. The number of piperidine rings is 1. The van der Waals surface area contributed by atoms with Gasteiger partial charge in [0.1, 0.15) is 0 Å². The molecule has 0 atom stereocenters. The topological polar surface area (TPSA) is 48.1 Å². The molecule has 3 aliphatic rings. The third-order valence-electron chi connectivity index (χ3n) is 7.98. The summed E-state index contributed by atoms with van der Waals surface area (Å²) in [5.41, 5.74) is 4.41. The predicted molar refractivity (Wildman–Crippen MR) is 148 cm³/mol. The zero-order valence-electron chi connectivity index (χ0n) is 21.2. The van der Waals surface area contributed by atoms with Crippen molar-refractivity contribution in [2.75, 3.05) is 56.2 Å². The Morgan fingerprint density at radius 3 is 2.36 bits per heavy atom. The summed E-state index contributed by atoms with van der Waals surface area (Å²) in [6.45, 7) is 11.8. The number of halogens is 2. The molecule has 0 bridgehead atoms. The molecule has 2 aromatic rings. The molecule has 3 aliphatic heterocycles. The van der Waals surface area contributed by atoms with Crippen LogP contribution in [-0.4, -0.2) is 67.8 Å². The minimum atomic E-state index is -0.131. The minimum Gasteiger partial charge on any atom is -0.379 e. The summed E-state index contributed by atoms with van der Waals surface area (Å²) in [7, 11) is 0. The molecule has 0 unspecified atom stereocenters. The second-order valence-corrected chi connectivity index (χ2v) is 11.7. The Hall–Kier alpha value is -1.99. The van der Waals surface area contributed by atoms with E-state index in [-0.39, 0.29) is 11.4 Å². The summed E-state index contributed by atoms with van der Waals surface area (Å²) in [5.74, 6) is 0. The number of carbonyl (C=O) groups excluding carboxylic acids is 1. The Labute approximate surface area is 224 Å². The van der Waals surface area contributed by atoms with Gasteiger partial charge in [0, 0.05) is 66.7 Å². The first kappa shape index (κ1) is 25.7. The standard InChI is InChI=1S/C28H36Cl2N4O2/c1-28(2)7-10-34(27(35)31-23-17-21(29)16-22(30)18-23)19-20-15-25(3-4-26(20)28)32-8-5-24(6-9-32)33-11-13-36-14-12-33/h3-4,15-18,24H,5-14,19H2,1-2H3,(H,31,35). The predicted octanol–water partition coefficient (Wildman–Crippen LogP) is 6.01. The molecule has 0 aliphatic carbocycles. The summed E-state index contributed by atoms with van der Waals surface area (Å²) in [6.07, 6.45) is 3.26. The van der Waals surface area contributed by atoms with E-state index in [0.717, 1.165) is 45.8 Å². The lowest BCUT2D eigenvalue weighted by atomic mass is 9.80. The van der Waals surface area contributed by atoms with Crippen LogP contribution in [0, 0.1) is 0 Å². The van der Waals surface area contributed by atoms with Crippen molar-refractivity contribution in [1.82, 2.24) is 9.80 Å². The fraction of sp³-hybridized carbons (Fsp3) is 0.536. The maximum atomic E-state index is 13.2. The smallest absolute Gasteiger partial charge is 0.322 e. The van der Waals surface area contributed by atoms with Gasteiger partial charge in [-0.15, -0.1) is 0 Å². The van der Waals surface area contributed by atoms with Crippen molar-refractivity contribution in [2.24, 2.45) is 0 Å². The molecule has 3 heterocycles. The van der Waals surface area contributed by atoms with Crippen LogP contribution in [0.1, 0.15) is 44.2 Å². The van der Waals surface area contributed by atoms with Gasteiger partial charge in [-0.25, -0.2) is 4.79 Å². The van der Waals surface area contributed by atoms with E-state index in [4.69, 9.17) is 27.9 Å². The number of rotatable bonds is 3. The van der Waals surface area contributed by atoms with Crippen molar-refractivity contribution < 1.29 is 9.53 Å². The molecule has 2 aromatic carbocycles. The highest BCUT2D eigenvalue weighted by molar-refractivity contribution is 6.35. The number of urea groups is 1. The number of anilines is 2. The first-order chi connectivity index (χ1) is 17.3. The molecule has 36 heavy (non-hydrogen) atoms. The van der Waals surface area contributed by atoms with Gasteiger partial charge in [0.05, 0.1) is 13.2 Å². The number of fused-ring (bicyclic) bond motifs is 1. The van der Waals surface area contributed by atoms with Gasteiger partial charge >= 0.3 is 6.03 Å². The monoisotopic (exact) mass is 530 g/mol. The number of nitrogens with one attached hydrogen (secondary N) is 1. The largest absolute Gasteiger partial charge is 0.379 e. The van der Waals surface area contributed by atoms with E-state index in [1.807, 2.05) is 4.90 Å². The number of amides is 2. The molecule has 8 heteroatoms. The van der Waals surface area contributed by atoms with Gasteiger partial charge < -0.3 is 19.9 Å². The second-order valence-electron chi connectivity index (χ2n) is 10.9. The normalized spacial score (nSPS) is 21.1. The van der Waals surface area contributed by atoms with Crippen molar-refractivity contribution in [1.29, 1.82) is 0 Å².